The number of halogens is 3. The quantitative estimate of drug-likeness (QED) is 0.729. The predicted molar refractivity (Wildman–Crippen MR) is 84.4 cm³/mol. The first-order valence-corrected chi connectivity index (χ1v) is 7.19. The van der Waals surface area contributed by atoms with E-state index >= 15 is 0 Å². The Morgan fingerprint density at radius 2 is 1.74 bits per heavy atom. The number of benzene rings is 2. The summed E-state index contributed by atoms with van der Waals surface area (Å²) in [7, 11) is 0. The summed E-state index contributed by atoms with van der Waals surface area (Å²) in [6.07, 6.45) is 0. The molecule has 3 nitrogen and oxygen atoms in total. The fourth-order valence-corrected chi connectivity index (χ4v) is 2.39. The van der Waals surface area contributed by atoms with Crippen molar-refractivity contribution in [3.05, 3.63) is 87.2 Å². The molecule has 0 amide bonds. The Hall–Kier alpha value is -2.53. The number of nitrogens with zero attached hydrogens (tertiary/aromatic N) is 2. The highest BCUT2D eigenvalue weighted by Crippen LogP contribution is 2.20. The minimum atomic E-state index is -0.501. The van der Waals surface area contributed by atoms with Gasteiger partial charge in [-0.2, -0.15) is 5.10 Å². The molecule has 2 aromatic carbocycles. The molecule has 116 valence electrons. The van der Waals surface area contributed by atoms with Crippen LogP contribution < -0.4 is 5.56 Å². The molecule has 0 aliphatic carbocycles. The molecule has 0 aliphatic heterocycles. The Morgan fingerprint density at radius 1 is 1.00 bits per heavy atom. The maximum absolute atomic E-state index is 13.9. The summed E-state index contributed by atoms with van der Waals surface area (Å²) in [6.45, 7) is -0.0840. The molecule has 0 atom stereocenters. The van der Waals surface area contributed by atoms with Crippen LogP contribution in [-0.4, -0.2) is 9.78 Å². The topological polar surface area (TPSA) is 34.9 Å². The van der Waals surface area contributed by atoms with Gasteiger partial charge in [-0.1, -0.05) is 17.7 Å². The maximum atomic E-state index is 13.9. The third kappa shape index (κ3) is 3.29. The number of hydrogen-bond acceptors (Lipinski definition) is 2. The van der Waals surface area contributed by atoms with Crippen LogP contribution in [0.3, 0.4) is 0 Å². The van der Waals surface area contributed by atoms with E-state index in [9.17, 15) is 13.6 Å². The molecule has 3 aromatic rings. The van der Waals surface area contributed by atoms with Crippen LogP contribution in [0.5, 0.6) is 0 Å². The fourth-order valence-electron chi connectivity index (χ4n) is 2.17. The van der Waals surface area contributed by atoms with Crippen LogP contribution in [0.1, 0.15) is 5.56 Å². The van der Waals surface area contributed by atoms with Gasteiger partial charge in [-0.25, -0.2) is 13.5 Å². The van der Waals surface area contributed by atoms with E-state index in [1.165, 1.54) is 36.4 Å². The first-order chi connectivity index (χ1) is 11.0. The number of hydrogen-bond donors (Lipinski definition) is 0. The Bertz CT molecular complexity index is 887. The number of rotatable bonds is 3. The standard InChI is InChI=1S/C17H11ClF2N2O/c18-14-2-1-3-15(20)13(14)10-22-17(23)9-8-16(21-22)11-4-6-12(19)7-5-11/h1-9H,10H2. The smallest absolute Gasteiger partial charge is 0.267 e. The van der Waals surface area contributed by atoms with E-state index in [2.05, 4.69) is 5.10 Å². The molecule has 0 aliphatic rings. The molecule has 0 unspecified atom stereocenters. The molecule has 0 saturated carbocycles. The van der Waals surface area contributed by atoms with Gasteiger partial charge in [-0.05, 0) is 42.5 Å². The van der Waals surface area contributed by atoms with Crippen molar-refractivity contribution >= 4 is 11.6 Å². The van der Waals surface area contributed by atoms with E-state index < -0.39 is 5.82 Å². The van der Waals surface area contributed by atoms with E-state index in [1.54, 1.807) is 18.2 Å². The first kappa shape index (κ1) is 15.4. The summed E-state index contributed by atoms with van der Waals surface area (Å²) in [6, 6.07) is 12.9. The normalized spacial score (nSPS) is 10.7. The summed E-state index contributed by atoms with van der Waals surface area (Å²) in [5.74, 6) is -0.862. The van der Waals surface area contributed by atoms with E-state index in [4.69, 9.17) is 11.6 Å². The SMILES string of the molecule is O=c1ccc(-c2ccc(F)cc2)nn1Cc1c(F)cccc1Cl. The van der Waals surface area contributed by atoms with Gasteiger partial charge in [0.15, 0.2) is 0 Å². The minimum Gasteiger partial charge on any atom is -0.268 e. The minimum absolute atomic E-state index is 0.0840. The Labute approximate surface area is 135 Å². The van der Waals surface area contributed by atoms with E-state index in [0.29, 0.717) is 11.3 Å². The molecule has 0 saturated heterocycles. The second kappa shape index (κ2) is 6.30. The van der Waals surface area contributed by atoms with E-state index in [0.717, 1.165) is 4.68 Å². The lowest BCUT2D eigenvalue weighted by Gasteiger charge is -2.09. The van der Waals surface area contributed by atoms with Crippen molar-refractivity contribution in [3.63, 3.8) is 0 Å². The van der Waals surface area contributed by atoms with Crippen LogP contribution in [0.15, 0.2) is 59.4 Å². The van der Waals surface area contributed by atoms with Gasteiger partial charge in [0.25, 0.3) is 5.56 Å². The average molecular weight is 333 g/mol. The average Bonchev–Trinajstić information content (AvgIpc) is 2.53. The molecule has 0 N–H and O–H groups in total. The summed E-state index contributed by atoms with van der Waals surface area (Å²) >= 11 is 5.98. The van der Waals surface area contributed by atoms with Crippen molar-refractivity contribution in [2.45, 2.75) is 6.54 Å². The summed E-state index contributed by atoms with van der Waals surface area (Å²) < 4.78 is 28.0. The molecule has 6 heteroatoms. The Balaban J connectivity index is 2.01. The molecule has 0 fully saturated rings. The zero-order chi connectivity index (χ0) is 16.4. The molecule has 0 radical (unpaired) electrons. The Kier molecular flexibility index (Phi) is 4.21. The first-order valence-electron chi connectivity index (χ1n) is 6.81. The second-order valence-corrected chi connectivity index (χ2v) is 5.33. The highest BCUT2D eigenvalue weighted by molar-refractivity contribution is 6.31. The van der Waals surface area contributed by atoms with Gasteiger partial charge < -0.3 is 0 Å². The van der Waals surface area contributed by atoms with Crippen LogP contribution >= 0.6 is 11.6 Å². The number of aromatic nitrogens is 2. The molecular weight excluding hydrogens is 322 g/mol. The van der Waals surface area contributed by atoms with Crippen LogP contribution in [0.2, 0.25) is 5.02 Å². The Morgan fingerprint density at radius 3 is 2.43 bits per heavy atom. The lowest BCUT2D eigenvalue weighted by molar-refractivity contribution is 0.573. The van der Waals surface area contributed by atoms with Crippen molar-refractivity contribution in [1.29, 1.82) is 0 Å². The molecule has 23 heavy (non-hydrogen) atoms. The molecule has 0 bridgehead atoms. The molecule has 0 spiro atoms. The fraction of sp³-hybridized carbons (Fsp3) is 0.0588. The zero-order valence-corrected chi connectivity index (χ0v) is 12.6. The van der Waals surface area contributed by atoms with Crippen molar-refractivity contribution in [1.82, 2.24) is 9.78 Å². The summed E-state index contributed by atoms with van der Waals surface area (Å²) in [4.78, 5) is 12.0. The maximum Gasteiger partial charge on any atom is 0.267 e. The third-order valence-corrected chi connectivity index (χ3v) is 3.73. The largest absolute Gasteiger partial charge is 0.268 e. The van der Waals surface area contributed by atoms with Gasteiger partial charge in [-0.3, -0.25) is 4.79 Å². The summed E-state index contributed by atoms with van der Waals surface area (Å²) in [5, 5.41) is 4.43. The van der Waals surface area contributed by atoms with Crippen molar-refractivity contribution in [2.24, 2.45) is 0 Å². The van der Waals surface area contributed by atoms with Crippen LogP contribution in [0.25, 0.3) is 11.3 Å². The van der Waals surface area contributed by atoms with Gasteiger partial charge in [-0.15, -0.1) is 0 Å². The van der Waals surface area contributed by atoms with E-state index in [1.807, 2.05) is 0 Å². The van der Waals surface area contributed by atoms with Crippen LogP contribution in [-0.2, 0) is 6.54 Å². The van der Waals surface area contributed by atoms with Crippen molar-refractivity contribution in [2.75, 3.05) is 0 Å². The highest BCUT2D eigenvalue weighted by atomic mass is 35.5. The lowest BCUT2D eigenvalue weighted by Crippen LogP contribution is -2.23. The molecule has 1 heterocycles. The predicted octanol–water partition coefficient (Wildman–Crippen LogP) is 3.89. The molecular formula is C17H11ClF2N2O. The van der Waals surface area contributed by atoms with Crippen LogP contribution in [0.4, 0.5) is 8.78 Å². The molecule has 3 rings (SSSR count). The monoisotopic (exact) mass is 332 g/mol. The van der Waals surface area contributed by atoms with Crippen molar-refractivity contribution in [3.8, 4) is 11.3 Å². The van der Waals surface area contributed by atoms with Gasteiger partial charge in [0, 0.05) is 22.2 Å². The second-order valence-electron chi connectivity index (χ2n) is 4.92. The van der Waals surface area contributed by atoms with Gasteiger partial charge >= 0.3 is 0 Å². The van der Waals surface area contributed by atoms with Crippen LogP contribution in [0, 0.1) is 11.6 Å². The van der Waals surface area contributed by atoms with Crippen molar-refractivity contribution < 1.29 is 8.78 Å². The molecule has 1 aromatic heterocycles. The lowest BCUT2D eigenvalue weighted by atomic mass is 10.1. The van der Waals surface area contributed by atoms with Gasteiger partial charge in [0.1, 0.15) is 11.6 Å². The van der Waals surface area contributed by atoms with Gasteiger partial charge in [0.2, 0.25) is 0 Å². The van der Waals surface area contributed by atoms with Gasteiger partial charge in [0.05, 0.1) is 12.2 Å². The highest BCUT2D eigenvalue weighted by Gasteiger charge is 2.10. The van der Waals surface area contributed by atoms with E-state index in [-0.39, 0.29) is 28.5 Å². The third-order valence-electron chi connectivity index (χ3n) is 3.38. The summed E-state index contributed by atoms with van der Waals surface area (Å²) in [5.41, 5.74) is 0.951. The zero-order valence-electron chi connectivity index (χ0n) is 11.8.